The Bertz CT molecular complexity index is 322. The molecular formula is C10H17N3O2. The number of carboxylic acids is 1. The van der Waals surface area contributed by atoms with Gasteiger partial charge in [-0.05, 0) is 25.3 Å². The minimum Gasteiger partial charge on any atom is -0.481 e. The molecule has 5 heteroatoms. The summed E-state index contributed by atoms with van der Waals surface area (Å²) in [5.41, 5.74) is 6.87. The molecule has 0 saturated carbocycles. The molecule has 0 bridgehead atoms. The van der Waals surface area contributed by atoms with Gasteiger partial charge in [-0.15, -0.1) is 0 Å². The molecule has 0 aromatic carbocycles. The highest BCUT2D eigenvalue weighted by atomic mass is 16.4. The highest BCUT2D eigenvalue weighted by Gasteiger charge is 2.08. The molecule has 5 nitrogen and oxygen atoms in total. The maximum Gasteiger partial charge on any atom is 0.303 e. The lowest BCUT2D eigenvalue weighted by Gasteiger charge is -2.07. The molecule has 0 radical (unpaired) electrons. The Labute approximate surface area is 88.9 Å². The summed E-state index contributed by atoms with van der Waals surface area (Å²) in [4.78, 5) is 10.3. The van der Waals surface area contributed by atoms with Crippen LogP contribution in [0.4, 0.5) is 0 Å². The maximum atomic E-state index is 10.3. The van der Waals surface area contributed by atoms with Gasteiger partial charge in [-0.1, -0.05) is 0 Å². The number of aliphatic carboxylic acids is 1. The van der Waals surface area contributed by atoms with Crippen molar-refractivity contribution in [2.75, 3.05) is 0 Å². The summed E-state index contributed by atoms with van der Waals surface area (Å²) in [5, 5.41) is 12.6. The molecule has 1 unspecified atom stereocenters. The van der Waals surface area contributed by atoms with Crippen molar-refractivity contribution < 1.29 is 9.90 Å². The second-order valence-electron chi connectivity index (χ2n) is 3.60. The van der Waals surface area contributed by atoms with Crippen LogP contribution in [-0.2, 0) is 17.8 Å². The van der Waals surface area contributed by atoms with Crippen molar-refractivity contribution in [2.24, 2.45) is 5.73 Å². The van der Waals surface area contributed by atoms with E-state index in [1.54, 1.807) is 6.20 Å². The SMILES string of the molecule is CCn1cc(CC(N)CCC(=O)O)cn1. The van der Waals surface area contributed by atoms with Crippen molar-refractivity contribution in [3.63, 3.8) is 0 Å². The Kier molecular flexibility index (Phi) is 4.30. The third-order valence-corrected chi connectivity index (χ3v) is 2.24. The van der Waals surface area contributed by atoms with E-state index in [0.29, 0.717) is 12.8 Å². The fraction of sp³-hybridized carbons (Fsp3) is 0.600. The van der Waals surface area contributed by atoms with Crippen molar-refractivity contribution in [3.05, 3.63) is 18.0 Å². The first kappa shape index (κ1) is 11.7. The van der Waals surface area contributed by atoms with Crippen LogP contribution in [0.15, 0.2) is 12.4 Å². The van der Waals surface area contributed by atoms with E-state index >= 15 is 0 Å². The van der Waals surface area contributed by atoms with Gasteiger partial charge in [0.2, 0.25) is 0 Å². The van der Waals surface area contributed by atoms with Gasteiger partial charge >= 0.3 is 5.97 Å². The Balaban J connectivity index is 2.36. The number of nitrogens with zero attached hydrogens (tertiary/aromatic N) is 2. The van der Waals surface area contributed by atoms with Gasteiger partial charge in [-0.3, -0.25) is 9.48 Å². The molecule has 1 heterocycles. The van der Waals surface area contributed by atoms with Gasteiger partial charge in [0.05, 0.1) is 6.20 Å². The lowest BCUT2D eigenvalue weighted by molar-refractivity contribution is -0.137. The quantitative estimate of drug-likeness (QED) is 0.723. The molecule has 0 aliphatic carbocycles. The van der Waals surface area contributed by atoms with E-state index in [1.807, 2.05) is 17.8 Å². The van der Waals surface area contributed by atoms with Gasteiger partial charge in [-0.2, -0.15) is 5.10 Å². The number of aryl methyl sites for hydroxylation is 1. The molecule has 15 heavy (non-hydrogen) atoms. The number of carboxylic acid groups (broad SMARTS) is 1. The lowest BCUT2D eigenvalue weighted by atomic mass is 10.1. The van der Waals surface area contributed by atoms with E-state index in [-0.39, 0.29) is 12.5 Å². The van der Waals surface area contributed by atoms with Crippen molar-refractivity contribution in [2.45, 2.75) is 38.8 Å². The van der Waals surface area contributed by atoms with Crippen molar-refractivity contribution in [1.29, 1.82) is 0 Å². The van der Waals surface area contributed by atoms with E-state index < -0.39 is 5.97 Å². The van der Waals surface area contributed by atoms with Crippen molar-refractivity contribution >= 4 is 5.97 Å². The van der Waals surface area contributed by atoms with Crippen LogP contribution < -0.4 is 5.73 Å². The molecule has 0 spiro atoms. The number of aromatic nitrogens is 2. The zero-order chi connectivity index (χ0) is 11.3. The van der Waals surface area contributed by atoms with Gasteiger partial charge in [-0.25, -0.2) is 0 Å². The Morgan fingerprint density at radius 2 is 2.47 bits per heavy atom. The van der Waals surface area contributed by atoms with Crippen molar-refractivity contribution in [1.82, 2.24) is 9.78 Å². The minimum atomic E-state index is -0.797. The molecule has 0 amide bonds. The second-order valence-corrected chi connectivity index (χ2v) is 3.60. The fourth-order valence-corrected chi connectivity index (χ4v) is 1.40. The van der Waals surface area contributed by atoms with Gasteiger partial charge in [0.1, 0.15) is 0 Å². The molecule has 0 aliphatic rings. The fourth-order valence-electron chi connectivity index (χ4n) is 1.40. The molecule has 0 fully saturated rings. The molecular weight excluding hydrogens is 194 g/mol. The van der Waals surface area contributed by atoms with E-state index in [1.165, 1.54) is 0 Å². The van der Waals surface area contributed by atoms with Crippen LogP contribution in [0.3, 0.4) is 0 Å². The van der Waals surface area contributed by atoms with E-state index in [4.69, 9.17) is 10.8 Å². The summed E-state index contributed by atoms with van der Waals surface area (Å²) < 4.78 is 1.83. The summed E-state index contributed by atoms with van der Waals surface area (Å²) in [7, 11) is 0. The topological polar surface area (TPSA) is 81.1 Å². The van der Waals surface area contributed by atoms with Gasteiger partial charge in [0.15, 0.2) is 0 Å². The van der Waals surface area contributed by atoms with Crippen LogP contribution in [0.1, 0.15) is 25.3 Å². The Morgan fingerprint density at radius 3 is 3.00 bits per heavy atom. The lowest BCUT2D eigenvalue weighted by Crippen LogP contribution is -2.23. The van der Waals surface area contributed by atoms with Crippen LogP contribution in [0.25, 0.3) is 0 Å². The molecule has 1 aromatic rings. The Morgan fingerprint density at radius 1 is 1.73 bits per heavy atom. The van der Waals surface area contributed by atoms with E-state index in [0.717, 1.165) is 12.1 Å². The molecule has 1 atom stereocenters. The monoisotopic (exact) mass is 211 g/mol. The Hall–Kier alpha value is -1.36. The van der Waals surface area contributed by atoms with Gasteiger partial charge in [0.25, 0.3) is 0 Å². The first-order valence-corrected chi connectivity index (χ1v) is 5.10. The molecule has 0 aliphatic heterocycles. The van der Waals surface area contributed by atoms with Crippen molar-refractivity contribution in [3.8, 4) is 0 Å². The molecule has 1 aromatic heterocycles. The molecule has 3 N–H and O–H groups in total. The third-order valence-electron chi connectivity index (χ3n) is 2.24. The van der Waals surface area contributed by atoms with E-state index in [2.05, 4.69) is 5.10 Å². The van der Waals surface area contributed by atoms with E-state index in [9.17, 15) is 4.79 Å². The summed E-state index contributed by atoms with van der Waals surface area (Å²) >= 11 is 0. The van der Waals surface area contributed by atoms with Crippen LogP contribution >= 0.6 is 0 Å². The number of hydrogen-bond acceptors (Lipinski definition) is 3. The molecule has 0 saturated heterocycles. The smallest absolute Gasteiger partial charge is 0.303 e. The number of nitrogens with two attached hydrogens (primary N) is 1. The van der Waals surface area contributed by atoms with Crippen LogP contribution in [0, 0.1) is 0 Å². The summed E-state index contributed by atoms with van der Waals surface area (Å²) in [6, 6.07) is -0.101. The zero-order valence-corrected chi connectivity index (χ0v) is 8.89. The number of carbonyl (C=O) groups is 1. The highest BCUT2D eigenvalue weighted by molar-refractivity contribution is 5.66. The third kappa shape index (κ3) is 4.12. The first-order valence-electron chi connectivity index (χ1n) is 5.10. The summed E-state index contributed by atoms with van der Waals surface area (Å²) in [6.07, 6.45) is 5.05. The van der Waals surface area contributed by atoms with Gasteiger partial charge < -0.3 is 10.8 Å². The maximum absolute atomic E-state index is 10.3. The average molecular weight is 211 g/mol. The summed E-state index contributed by atoms with van der Waals surface area (Å²) in [5.74, 6) is -0.797. The summed E-state index contributed by atoms with van der Waals surface area (Å²) in [6.45, 7) is 2.85. The van der Waals surface area contributed by atoms with Crippen LogP contribution in [0.2, 0.25) is 0 Å². The normalized spacial score (nSPS) is 12.7. The largest absolute Gasteiger partial charge is 0.481 e. The second kappa shape index (κ2) is 5.50. The van der Waals surface area contributed by atoms with Crippen LogP contribution in [-0.4, -0.2) is 26.9 Å². The van der Waals surface area contributed by atoms with Crippen LogP contribution in [0.5, 0.6) is 0 Å². The minimum absolute atomic E-state index is 0.101. The average Bonchev–Trinajstić information content (AvgIpc) is 2.62. The number of rotatable bonds is 6. The highest BCUT2D eigenvalue weighted by Crippen LogP contribution is 2.05. The molecule has 84 valence electrons. The number of hydrogen-bond donors (Lipinski definition) is 2. The zero-order valence-electron chi connectivity index (χ0n) is 8.89. The van der Waals surface area contributed by atoms with Gasteiger partial charge in [0, 0.05) is 25.2 Å². The first-order chi connectivity index (χ1) is 7.11. The predicted octanol–water partition coefficient (Wildman–Crippen LogP) is 0.638. The predicted molar refractivity (Wildman–Crippen MR) is 56.5 cm³/mol. The molecule has 1 rings (SSSR count). The standard InChI is InChI=1S/C10H17N3O2/c1-2-13-7-8(6-12-13)5-9(11)3-4-10(14)15/h6-7,9H,2-5,11H2,1H3,(H,14,15).